The van der Waals surface area contributed by atoms with Gasteiger partial charge in [0.2, 0.25) is 0 Å². The van der Waals surface area contributed by atoms with Gasteiger partial charge >= 0.3 is 0 Å². The summed E-state index contributed by atoms with van der Waals surface area (Å²) in [7, 11) is 0. The van der Waals surface area contributed by atoms with E-state index in [1.54, 1.807) is 11.8 Å². The summed E-state index contributed by atoms with van der Waals surface area (Å²) in [6.45, 7) is 5.92. The van der Waals surface area contributed by atoms with Crippen molar-refractivity contribution in [2.24, 2.45) is 0 Å². The molecule has 0 unspecified atom stereocenters. The average molecular weight is 215 g/mol. The van der Waals surface area contributed by atoms with Crippen molar-refractivity contribution in [3.63, 3.8) is 0 Å². The minimum absolute atomic E-state index is 0.936. The molecule has 0 fully saturated rings. The number of hydrogen-bond acceptors (Lipinski definition) is 2. The van der Waals surface area contributed by atoms with E-state index < -0.39 is 0 Å². The first-order valence-electron chi connectivity index (χ1n) is 4.89. The van der Waals surface area contributed by atoms with E-state index in [1.807, 2.05) is 25.1 Å². The van der Waals surface area contributed by atoms with E-state index in [0.717, 1.165) is 16.3 Å². The molecule has 0 aliphatic carbocycles. The molecule has 0 saturated heterocycles. The van der Waals surface area contributed by atoms with Crippen molar-refractivity contribution in [3.8, 4) is 0 Å². The molecule has 0 spiro atoms. The van der Waals surface area contributed by atoms with Crippen molar-refractivity contribution in [3.05, 3.63) is 48.6 Å². The fourth-order valence-electron chi connectivity index (χ4n) is 1.32. The number of rotatable bonds is 3. The van der Waals surface area contributed by atoms with E-state index in [4.69, 9.17) is 0 Å². The predicted octanol–water partition coefficient (Wildman–Crippen LogP) is 3.90. The van der Waals surface area contributed by atoms with Crippen LogP contribution in [0.4, 0.5) is 0 Å². The highest BCUT2D eigenvalue weighted by Crippen LogP contribution is 2.21. The highest BCUT2D eigenvalue weighted by Gasteiger charge is 1.98. The molecule has 0 atom stereocenters. The third-order valence-electron chi connectivity index (χ3n) is 2.04. The minimum Gasteiger partial charge on any atom is -0.241 e. The van der Waals surface area contributed by atoms with Crippen molar-refractivity contribution in [1.82, 2.24) is 4.98 Å². The van der Waals surface area contributed by atoms with Crippen molar-refractivity contribution < 1.29 is 0 Å². The van der Waals surface area contributed by atoms with Crippen molar-refractivity contribution >= 4 is 22.7 Å². The van der Waals surface area contributed by atoms with Crippen LogP contribution in [-0.4, -0.2) is 10.7 Å². The maximum Gasteiger partial charge on any atom is 0.0970 e. The Morgan fingerprint density at radius 3 is 2.87 bits per heavy atom. The molecule has 15 heavy (non-hydrogen) atoms. The zero-order valence-corrected chi connectivity index (χ0v) is 9.55. The molecule has 0 N–H and O–H groups in total. The second-order valence-corrected chi connectivity index (χ2v) is 4.58. The van der Waals surface area contributed by atoms with Gasteiger partial charge in [-0.3, -0.25) is 0 Å². The third-order valence-corrected chi connectivity index (χ3v) is 3.20. The van der Waals surface area contributed by atoms with Gasteiger partial charge in [-0.15, -0.1) is 11.8 Å². The molecule has 0 radical (unpaired) electrons. The van der Waals surface area contributed by atoms with Gasteiger partial charge in [-0.2, -0.15) is 0 Å². The number of pyridine rings is 1. The van der Waals surface area contributed by atoms with Gasteiger partial charge in [0.1, 0.15) is 0 Å². The van der Waals surface area contributed by atoms with Gasteiger partial charge in [-0.25, -0.2) is 4.98 Å². The summed E-state index contributed by atoms with van der Waals surface area (Å²) in [5.41, 5.74) is 2.24. The van der Waals surface area contributed by atoms with E-state index in [0.29, 0.717) is 0 Å². The van der Waals surface area contributed by atoms with Gasteiger partial charge in [0.25, 0.3) is 0 Å². The Morgan fingerprint density at radius 1 is 1.27 bits per heavy atom. The van der Waals surface area contributed by atoms with E-state index in [9.17, 15) is 0 Å². The van der Waals surface area contributed by atoms with Crippen LogP contribution in [0.1, 0.15) is 6.92 Å². The number of nitrogens with zero attached hydrogens (tertiary/aromatic N) is 1. The van der Waals surface area contributed by atoms with Crippen LogP contribution >= 0.6 is 11.8 Å². The van der Waals surface area contributed by atoms with Gasteiger partial charge in [0.15, 0.2) is 0 Å². The molecule has 1 heterocycles. The van der Waals surface area contributed by atoms with Gasteiger partial charge < -0.3 is 0 Å². The van der Waals surface area contributed by atoms with E-state index >= 15 is 0 Å². The zero-order chi connectivity index (χ0) is 10.7. The molecule has 1 aromatic carbocycles. The van der Waals surface area contributed by atoms with Gasteiger partial charge in [0, 0.05) is 11.1 Å². The molecule has 0 saturated carbocycles. The Hall–Kier alpha value is -1.28. The number of hydrogen-bond donors (Lipinski definition) is 0. The number of benzene rings is 1. The lowest BCUT2D eigenvalue weighted by Gasteiger charge is -2.02. The van der Waals surface area contributed by atoms with Crippen LogP contribution in [0, 0.1) is 0 Å². The van der Waals surface area contributed by atoms with Crippen LogP contribution in [0.5, 0.6) is 0 Å². The number of thioether (sulfide) groups is 1. The maximum absolute atomic E-state index is 4.57. The highest BCUT2D eigenvalue weighted by molar-refractivity contribution is 7.99. The lowest BCUT2D eigenvalue weighted by Crippen LogP contribution is -1.84. The molecule has 1 aromatic heterocycles. The number of para-hydroxylation sites is 1. The lowest BCUT2D eigenvalue weighted by molar-refractivity contribution is 1.19. The molecular formula is C13H13NS. The van der Waals surface area contributed by atoms with Crippen molar-refractivity contribution in [2.75, 3.05) is 5.75 Å². The summed E-state index contributed by atoms with van der Waals surface area (Å²) in [5.74, 6) is 0.936. The average Bonchev–Trinajstić information content (AvgIpc) is 2.26. The van der Waals surface area contributed by atoms with E-state index in [1.165, 1.54) is 11.0 Å². The fourth-order valence-corrected chi connectivity index (χ4v) is 2.05. The Morgan fingerprint density at radius 2 is 2.07 bits per heavy atom. The Kier molecular flexibility index (Phi) is 3.07. The quantitative estimate of drug-likeness (QED) is 0.569. The highest BCUT2D eigenvalue weighted by atomic mass is 32.2. The number of aromatic nitrogens is 1. The Labute approximate surface area is 94.2 Å². The summed E-state index contributed by atoms with van der Waals surface area (Å²) >= 11 is 1.73. The molecule has 0 bridgehead atoms. The summed E-state index contributed by atoms with van der Waals surface area (Å²) in [4.78, 5) is 4.57. The van der Waals surface area contributed by atoms with Crippen LogP contribution in [0.15, 0.2) is 53.6 Å². The Bertz CT molecular complexity index is 491. The molecule has 0 amide bonds. The van der Waals surface area contributed by atoms with Crippen molar-refractivity contribution in [2.45, 2.75) is 11.9 Å². The smallest absolute Gasteiger partial charge is 0.0970 e. The molecule has 2 rings (SSSR count). The normalized spacial score (nSPS) is 10.5. The van der Waals surface area contributed by atoms with Crippen LogP contribution in [0.25, 0.3) is 10.9 Å². The summed E-state index contributed by atoms with van der Waals surface area (Å²) in [6.07, 6.45) is 0. The number of fused-ring (bicyclic) bond motifs is 1. The molecule has 1 nitrogen and oxygen atoms in total. The van der Waals surface area contributed by atoms with Crippen molar-refractivity contribution in [1.29, 1.82) is 0 Å². The summed E-state index contributed by atoms with van der Waals surface area (Å²) < 4.78 is 0. The second-order valence-electron chi connectivity index (χ2n) is 3.59. The fraction of sp³-hybridized carbons (Fsp3) is 0.154. The first-order chi connectivity index (χ1) is 7.25. The second kappa shape index (κ2) is 4.49. The lowest BCUT2D eigenvalue weighted by atomic mass is 10.2. The van der Waals surface area contributed by atoms with Crippen LogP contribution in [0.2, 0.25) is 0 Å². The van der Waals surface area contributed by atoms with E-state index in [-0.39, 0.29) is 0 Å². The Balaban J connectivity index is 2.26. The molecule has 2 heteroatoms. The summed E-state index contributed by atoms with van der Waals surface area (Å²) in [6, 6.07) is 12.3. The standard InChI is InChI=1S/C13H13NS/c1-10(2)9-15-13-8-7-11-5-3-4-6-12(11)14-13/h3-8H,1,9H2,2H3. The molecule has 2 aromatic rings. The summed E-state index contributed by atoms with van der Waals surface area (Å²) in [5, 5.41) is 2.26. The predicted molar refractivity (Wildman–Crippen MR) is 67.3 cm³/mol. The first-order valence-corrected chi connectivity index (χ1v) is 5.87. The topological polar surface area (TPSA) is 12.9 Å². The maximum atomic E-state index is 4.57. The third kappa shape index (κ3) is 2.60. The zero-order valence-electron chi connectivity index (χ0n) is 8.73. The first kappa shape index (κ1) is 10.2. The van der Waals surface area contributed by atoms with Gasteiger partial charge in [-0.05, 0) is 19.1 Å². The molecule has 76 valence electrons. The van der Waals surface area contributed by atoms with Gasteiger partial charge in [-0.1, -0.05) is 36.4 Å². The van der Waals surface area contributed by atoms with Crippen LogP contribution < -0.4 is 0 Å². The molecular weight excluding hydrogens is 202 g/mol. The minimum atomic E-state index is 0.936. The largest absolute Gasteiger partial charge is 0.241 e. The van der Waals surface area contributed by atoms with Crippen LogP contribution in [0.3, 0.4) is 0 Å². The monoisotopic (exact) mass is 215 g/mol. The SMILES string of the molecule is C=C(C)CSc1ccc2ccccc2n1. The van der Waals surface area contributed by atoms with Crippen LogP contribution in [-0.2, 0) is 0 Å². The molecule has 0 aliphatic rings. The van der Waals surface area contributed by atoms with Gasteiger partial charge in [0.05, 0.1) is 10.5 Å². The van der Waals surface area contributed by atoms with E-state index in [2.05, 4.69) is 29.8 Å². The molecule has 0 aliphatic heterocycles.